The zero-order chi connectivity index (χ0) is 16.6. The summed E-state index contributed by atoms with van der Waals surface area (Å²) in [7, 11) is 0. The van der Waals surface area contributed by atoms with Gasteiger partial charge in [-0.05, 0) is 83.3 Å². The van der Waals surface area contributed by atoms with Crippen LogP contribution in [0.25, 0.3) is 11.1 Å². The highest BCUT2D eigenvalue weighted by atomic mass is 16.3. The highest BCUT2D eigenvalue weighted by molar-refractivity contribution is 5.74. The normalized spacial score (nSPS) is 11.5. The van der Waals surface area contributed by atoms with Crippen LogP contribution < -0.4 is 0 Å². The van der Waals surface area contributed by atoms with Crippen molar-refractivity contribution in [2.45, 2.75) is 53.4 Å². The predicted octanol–water partition coefficient (Wildman–Crippen LogP) is 5.63. The first-order valence-electron chi connectivity index (χ1n) is 7.89. The Morgan fingerprint density at radius 1 is 0.636 bits per heavy atom. The molecule has 0 fully saturated rings. The van der Waals surface area contributed by atoms with E-state index < -0.39 is 0 Å². The summed E-state index contributed by atoms with van der Waals surface area (Å²) >= 11 is 0. The van der Waals surface area contributed by atoms with Crippen LogP contribution in [0.15, 0.2) is 24.3 Å². The van der Waals surface area contributed by atoms with Crippen LogP contribution >= 0.6 is 0 Å². The van der Waals surface area contributed by atoms with Crippen LogP contribution in [0, 0.1) is 13.8 Å². The van der Waals surface area contributed by atoms with Crippen LogP contribution in [0.4, 0.5) is 0 Å². The Balaban J connectivity index is 2.71. The molecule has 2 N–H and O–H groups in total. The van der Waals surface area contributed by atoms with Crippen LogP contribution in [0.2, 0.25) is 0 Å². The van der Waals surface area contributed by atoms with Gasteiger partial charge in [0.1, 0.15) is 11.5 Å². The SMILES string of the molecule is Cc1cc(O)c(C(C)C)cc1-c1cc(C(C)C)c(O)cc1C. The van der Waals surface area contributed by atoms with E-state index in [1.807, 2.05) is 26.0 Å². The van der Waals surface area contributed by atoms with E-state index in [9.17, 15) is 10.2 Å². The van der Waals surface area contributed by atoms with Gasteiger partial charge >= 0.3 is 0 Å². The fraction of sp³-hybridized carbons (Fsp3) is 0.400. The molecular formula is C20H26O2. The van der Waals surface area contributed by atoms with Gasteiger partial charge < -0.3 is 10.2 Å². The largest absolute Gasteiger partial charge is 0.508 e. The molecule has 0 unspecified atom stereocenters. The zero-order valence-corrected chi connectivity index (χ0v) is 14.4. The number of benzene rings is 2. The number of aryl methyl sites for hydroxylation is 2. The Labute approximate surface area is 133 Å². The minimum Gasteiger partial charge on any atom is -0.508 e. The average molecular weight is 298 g/mol. The van der Waals surface area contributed by atoms with E-state index in [1.165, 1.54) is 0 Å². The van der Waals surface area contributed by atoms with Crippen molar-refractivity contribution in [1.29, 1.82) is 0 Å². The third kappa shape index (κ3) is 2.96. The lowest BCUT2D eigenvalue weighted by Gasteiger charge is -2.18. The first-order valence-corrected chi connectivity index (χ1v) is 7.89. The summed E-state index contributed by atoms with van der Waals surface area (Å²) in [5.41, 5.74) is 6.26. The van der Waals surface area contributed by atoms with Crippen molar-refractivity contribution in [2.24, 2.45) is 0 Å². The lowest BCUT2D eigenvalue weighted by molar-refractivity contribution is 0.463. The topological polar surface area (TPSA) is 40.5 Å². The fourth-order valence-electron chi connectivity index (χ4n) is 2.92. The summed E-state index contributed by atoms with van der Waals surface area (Å²) in [5, 5.41) is 20.3. The third-order valence-corrected chi connectivity index (χ3v) is 4.28. The molecule has 0 bridgehead atoms. The van der Waals surface area contributed by atoms with Crippen LogP contribution in [0.3, 0.4) is 0 Å². The van der Waals surface area contributed by atoms with Gasteiger partial charge in [-0.3, -0.25) is 0 Å². The van der Waals surface area contributed by atoms with Crippen molar-refractivity contribution in [1.82, 2.24) is 0 Å². The second-order valence-corrected chi connectivity index (χ2v) is 6.76. The van der Waals surface area contributed by atoms with Crippen LogP contribution in [0.1, 0.15) is 61.8 Å². The molecule has 0 aliphatic heterocycles. The lowest BCUT2D eigenvalue weighted by atomic mass is 9.88. The maximum Gasteiger partial charge on any atom is 0.119 e. The summed E-state index contributed by atoms with van der Waals surface area (Å²) in [6, 6.07) is 7.84. The number of rotatable bonds is 3. The predicted molar refractivity (Wildman–Crippen MR) is 92.9 cm³/mol. The van der Waals surface area contributed by atoms with E-state index >= 15 is 0 Å². The van der Waals surface area contributed by atoms with Crippen molar-refractivity contribution in [3.8, 4) is 22.6 Å². The molecule has 118 valence electrons. The highest BCUT2D eigenvalue weighted by Crippen LogP contribution is 2.38. The number of hydrogen-bond donors (Lipinski definition) is 2. The van der Waals surface area contributed by atoms with E-state index in [-0.39, 0.29) is 11.8 Å². The van der Waals surface area contributed by atoms with Gasteiger partial charge in [-0.25, -0.2) is 0 Å². The molecule has 0 radical (unpaired) electrons. The molecule has 2 aromatic carbocycles. The maximum absolute atomic E-state index is 10.1. The maximum atomic E-state index is 10.1. The van der Waals surface area contributed by atoms with Crippen molar-refractivity contribution < 1.29 is 10.2 Å². The summed E-state index contributed by atoms with van der Waals surface area (Å²) in [6.45, 7) is 12.4. The second-order valence-electron chi connectivity index (χ2n) is 6.76. The Hall–Kier alpha value is -1.96. The minimum absolute atomic E-state index is 0.265. The zero-order valence-electron chi connectivity index (χ0n) is 14.4. The van der Waals surface area contributed by atoms with Gasteiger partial charge in [0, 0.05) is 0 Å². The Bertz CT molecular complexity index is 636. The number of aromatic hydroxyl groups is 2. The smallest absolute Gasteiger partial charge is 0.119 e. The fourth-order valence-corrected chi connectivity index (χ4v) is 2.92. The van der Waals surface area contributed by atoms with Gasteiger partial charge in [0.2, 0.25) is 0 Å². The van der Waals surface area contributed by atoms with E-state index in [0.29, 0.717) is 11.5 Å². The van der Waals surface area contributed by atoms with Crippen LogP contribution in [0.5, 0.6) is 11.5 Å². The molecule has 0 heterocycles. The first-order chi connectivity index (χ1) is 10.2. The van der Waals surface area contributed by atoms with E-state index in [2.05, 4.69) is 39.8 Å². The summed E-state index contributed by atoms with van der Waals surface area (Å²) in [4.78, 5) is 0. The van der Waals surface area contributed by atoms with Crippen molar-refractivity contribution in [3.05, 3.63) is 46.5 Å². The Morgan fingerprint density at radius 2 is 0.955 bits per heavy atom. The van der Waals surface area contributed by atoms with Crippen molar-refractivity contribution in [3.63, 3.8) is 0 Å². The van der Waals surface area contributed by atoms with Gasteiger partial charge in [-0.1, -0.05) is 27.7 Å². The molecule has 2 nitrogen and oxygen atoms in total. The van der Waals surface area contributed by atoms with Crippen LogP contribution in [-0.4, -0.2) is 10.2 Å². The number of hydrogen-bond acceptors (Lipinski definition) is 2. The van der Waals surface area contributed by atoms with Gasteiger partial charge in [-0.15, -0.1) is 0 Å². The summed E-state index contributed by atoms with van der Waals surface area (Å²) in [5.74, 6) is 1.25. The molecule has 2 aromatic rings. The molecule has 0 aliphatic carbocycles. The average Bonchev–Trinajstić information content (AvgIpc) is 2.39. The molecule has 22 heavy (non-hydrogen) atoms. The molecule has 0 saturated carbocycles. The van der Waals surface area contributed by atoms with Gasteiger partial charge in [0.15, 0.2) is 0 Å². The third-order valence-electron chi connectivity index (χ3n) is 4.28. The summed E-state index contributed by atoms with van der Waals surface area (Å²) in [6.07, 6.45) is 0. The lowest BCUT2D eigenvalue weighted by Crippen LogP contribution is -1.96. The standard InChI is InChI=1S/C20H26O2/c1-11(2)15-9-17(13(5)7-19(15)21)18-10-16(12(3)4)20(22)8-14(18)6/h7-12,21-22H,1-6H3. The molecule has 0 atom stereocenters. The summed E-state index contributed by atoms with van der Waals surface area (Å²) < 4.78 is 0. The molecule has 0 aromatic heterocycles. The van der Waals surface area contributed by atoms with Crippen molar-refractivity contribution in [2.75, 3.05) is 0 Å². The van der Waals surface area contributed by atoms with Gasteiger partial charge in [0.05, 0.1) is 0 Å². The molecular weight excluding hydrogens is 272 g/mol. The van der Waals surface area contributed by atoms with E-state index in [0.717, 1.165) is 33.4 Å². The monoisotopic (exact) mass is 298 g/mol. The van der Waals surface area contributed by atoms with E-state index in [1.54, 1.807) is 0 Å². The molecule has 2 rings (SSSR count). The molecule has 2 heteroatoms. The van der Waals surface area contributed by atoms with Gasteiger partial charge in [-0.2, -0.15) is 0 Å². The van der Waals surface area contributed by atoms with E-state index in [4.69, 9.17) is 0 Å². The number of phenolic OH excluding ortho intramolecular Hbond substituents is 2. The molecule has 0 aliphatic rings. The molecule has 0 spiro atoms. The molecule has 0 saturated heterocycles. The highest BCUT2D eigenvalue weighted by Gasteiger charge is 2.15. The quantitative estimate of drug-likeness (QED) is 0.771. The van der Waals surface area contributed by atoms with Crippen molar-refractivity contribution >= 4 is 0 Å². The Morgan fingerprint density at radius 3 is 1.23 bits per heavy atom. The Kier molecular flexibility index (Phi) is 4.50. The first kappa shape index (κ1) is 16.4. The second kappa shape index (κ2) is 6.04. The van der Waals surface area contributed by atoms with Crippen LogP contribution in [-0.2, 0) is 0 Å². The van der Waals surface area contributed by atoms with Gasteiger partial charge in [0.25, 0.3) is 0 Å². The minimum atomic E-state index is 0.265. The molecule has 0 amide bonds. The number of phenols is 2.